The lowest BCUT2D eigenvalue weighted by molar-refractivity contribution is 0.295. The lowest BCUT2D eigenvalue weighted by atomic mass is 10.1. The smallest absolute Gasteiger partial charge is 0.152 e. The Morgan fingerprint density at radius 1 is 1.47 bits per heavy atom. The predicted molar refractivity (Wildman–Crippen MR) is 72.5 cm³/mol. The third-order valence-corrected chi connectivity index (χ3v) is 3.06. The van der Waals surface area contributed by atoms with Gasteiger partial charge in [0, 0.05) is 18.8 Å². The molecule has 0 radical (unpaired) electrons. The minimum absolute atomic E-state index is 0.0836. The van der Waals surface area contributed by atoms with Crippen LogP contribution in [-0.2, 0) is 0 Å². The Bertz CT molecular complexity index is 356. The van der Waals surface area contributed by atoms with E-state index in [1.54, 1.807) is 12.3 Å². The molecular weight excluding hydrogens is 238 g/mol. The number of rotatable bonds is 6. The van der Waals surface area contributed by atoms with Gasteiger partial charge >= 0.3 is 0 Å². The van der Waals surface area contributed by atoms with E-state index >= 15 is 0 Å². The van der Waals surface area contributed by atoms with Crippen LogP contribution < -0.4 is 10.6 Å². The lowest BCUT2D eigenvalue weighted by Crippen LogP contribution is -2.37. The maximum Gasteiger partial charge on any atom is 0.152 e. The fourth-order valence-corrected chi connectivity index (χ4v) is 2.15. The Balaban J connectivity index is 3.03. The number of nitrogen functional groups attached to an aromatic ring is 1. The summed E-state index contributed by atoms with van der Waals surface area (Å²) in [6.07, 6.45) is 3.56. The third kappa shape index (κ3) is 3.48. The van der Waals surface area contributed by atoms with Crippen LogP contribution in [0.3, 0.4) is 0 Å². The molecule has 3 N–H and O–H groups in total. The van der Waals surface area contributed by atoms with E-state index in [1.165, 1.54) is 0 Å². The standard InChI is InChI=1S/C12H20ClN3O/c1-3-10(4-2)16(5-6-17)12-11(14)7-9(13)8-15-12/h7-8,10,17H,3-6,14H2,1-2H3. The first-order valence-corrected chi connectivity index (χ1v) is 6.30. The first-order chi connectivity index (χ1) is 8.13. The second kappa shape index (κ2) is 6.67. The van der Waals surface area contributed by atoms with Crippen LogP contribution in [0.5, 0.6) is 0 Å². The van der Waals surface area contributed by atoms with Gasteiger partial charge in [0.25, 0.3) is 0 Å². The zero-order chi connectivity index (χ0) is 12.8. The lowest BCUT2D eigenvalue weighted by Gasteiger charge is -2.31. The molecule has 0 bridgehead atoms. The molecule has 4 nitrogen and oxygen atoms in total. The molecule has 0 atom stereocenters. The summed E-state index contributed by atoms with van der Waals surface area (Å²) in [5.41, 5.74) is 6.48. The predicted octanol–water partition coefficient (Wildman–Crippen LogP) is 2.30. The summed E-state index contributed by atoms with van der Waals surface area (Å²) in [6.45, 7) is 4.85. The van der Waals surface area contributed by atoms with Crippen LogP contribution in [0.15, 0.2) is 12.3 Å². The summed E-state index contributed by atoms with van der Waals surface area (Å²) < 4.78 is 0. The molecule has 0 saturated heterocycles. The van der Waals surface area contributed by atoms with Crippen molar-refractivity contribution in [3.8, 4) is 0 Å². The summed E-state index contributed by atoms with van der Waals surface area (Å²) in [5, 5.41) is 9.67. The zero-order valence-corrected chi connectivity index (χ0v) is 11.1. The molecule has 5 heteroatoms. The number of nitrogens with zero attached hydrogens (tertiary/aromatic N) is 2. The van der Waals surface area contributed by atoms with E-state index in [0.29, 0.717) is 29.1 Å². The van der Waals surface area contributed by atoms with Gasteiger partial charge in [-0.15, -0.1) is 0 Å². The monoisotopic (exact) mass is 257 g/mol. The van der Waals surface area contributed by atoms with Gasteiger partial charge in [0.15, 0.2) is 5.82 Å². The fourth-order valence-electron chi connectivity index (χ4n) is 1.99. The number of halogens is 1. The molecule has 0 aliphatic heterocycles. The van der Waals surface area contributed by atoms with Crippen LogP contribution >= 0.6 is 11.6 Å². The number of hydrogen-bond acceptors (Lipinski definition) is 4. The average Bonchev–Trinajstić information content (AvgIpc) is 2.30. The van der Waals surface area contributed by atoms with Gasteiger partial charge < -0.3 is 15.7 Å². The Morgan fingerprint density at radius 2 is 2.12 bits per heavy atom. The maximum absolute atomic E-state index is 9.15. The van der Waals surface area contributed by atoms with Crippen molar-refractivity contribution in [3.05, 3.63) is 17.3 Å². The molecule has 1 aromatic heterocycles. The first-order valence-electron chi connectivity index (χ1n) is 5.92. The summed E-state index contributed by atoms with van der Waals surface area (Å²) in [5.74, 6) is 0.706. The number of aliphatic hydroxyl groups is 1. The van der Waals surface area contributed by atoms with E-state index in [2.05, 4.69) is 18.8 Å². The van der Waals surface area contributed by atoms with Crippen LogP contribution in [0.2, 0.25) is 5.02 Å². The van der Waals surface area contributed by atoms with Gasteiger partial charge in [-0.05, 0) is 18.9 Å². The number of hydrogen-bond donors (Lipinski definition) is 2. The van der Waals surface area contributed by atoms with Crippen molar-refractivity contribution in [2.45, 2.75) is 32.7 Å². The molecule has 0 aliphatic rings. The summed E-state index contributed by atoms with van der Waals surface area (Å²) in [4.78, 5) is 6.32. The molecule has 1 heterocycles. The number of pyridine rings is 1. The van der Waals surface area contributed by atoms with Crippen LogP contribution in [0, 0.1) is 0 Å². The summed E-state index contributed by atoms with van der Waals surface area (Å²) in [7, 11) is 0. The number of nitrogens with two attached hydrogens (primary N) is 1. The van der Waals surface area contributed by atoms with Crippen molar-refractivity contribution in [2.75, 3.05) is 23.8 Å². The minimum atomic E-state index is 0.0836. The van der Waals surface area contributed by atoms with E-state index in [1.807, 2.05) is 4.90 Å². The second-order valence-corrected chi connectivity index (χ2v) is 4.39. The molecule has 1 rings (SSSR count). The van der Waals surface area contributed by atoms with E-state index < -0.39 is 0 Å². The van der Waals surface area contributed by atoms with Crippen LogP contribution in [0.4, 0.5) is 11.5 Å². The van der Waals surface area contributed by atoms with Crippen LogP contribution in [0.25, 0.3) is 0 Å². The third-order valence-electron chi connectivity index (χ3n) is 2.86. The molecular formula is C12H20ClN3O. The molecule has 0 unspecified atom stereocenters. The Kier molecular flexibility index (Phi) is 5.51. The van der Waals surface area contributed by atoms with E-state index in [4.69, 9.17) is 22.4 Å². The highest BCUT2D eigenvalue weighted by atomic mass is 35.5. The van der Waals surface area contributed by atoms with Gasteiger partial charge in [-0.1, -0.05) is 25.4 Å². The van der Waals surface area contributed by atoms with Gasteiger partial charge in [-0.3, -0.25) is 0 Å². The van der Waals surface area contributed by atoms with Crippen molar-refractivity contribution >= 4 is 23.1 Å². The van der Waals surface area contributed by atoms with Crippen molar-refractivity contribution < 1.29 is 5.11 Å². The highest BCUT2D eigenvalue weighted by Gasteiger charge is 2.18. The molecule has 0 aliphatic carbocycles. The molecule has 96 valence electrons. The number of aromatic nitrogens is 1. The maximum atomic E-state index is 9.15. The SMILES string of the molecule is CCC(CC)N(CCO)c1ncc(Cl)cc1N. The van der Waals surface area contributed by atoms with Crippen LogP contribution in [-0.4, -0.2) is 29.3 Å². The quantitative estimate of drug-likeness (QED) is 0.821. The average molecular weight is 258 g/mol. The van der Waals surface area contributed by atoms with Crippen molar-refractivity contribution in [3.63, 3.8) is 0 Å². The van der Waals surface area contributed by atoms with Crippen LogP contribution in [0.1, 0.15) is 26.7 Å². The van der Waals surface area contributed by atoms with Crippen molar-refractivity contribution in [2.24, 2.45) is 0 Å². The Hall–Kier alpha value is -1.00. The van der Waals surface area contributed by atoms with E-state index in [0.717, 1.165) is 12.8 Å². The van der Waals surface area contributed by atoms with Gasteiger partial charge in [0.05, 0.1) is 17.3 Å². The van der Waals surface area contributed by atoms with Gasteiger partial charge in [-0.25, -0.2) is 4.98 Å². The summed E-state index contributed by atoms with van der Waals surface area (Å²) in [6, 6.07) is 2.02. The highest BCUT2D eigenvalue weighted by Crippen LogP contribution is 2.26. The summed E-state index contributed by atoms with van der Waals surface area (Å²) >= 11 is 5.84. The topological polar surface area (TPSA) is 62.4 Å². The molecule has 0 fully saturated rings. The van der Waals surface area contributed by atoms with Gasteiger partial charge in [0.1, 0.15) is 0 Å². The van der Waals surface area contributed by atoms with Gasteiger partial charge in [0.2, 0.25) is 0 Å². The Labute approximate surface area is 107 Å². The second-order valence-electron chi connectivity index (χ2n) is 3.95. The largest absolute Gasteiger partial charge is 0.396 e. The number of anilines is 2. The van der Waals surface area contributed by atoms with Gasteiger partial charge in [-0.2, -0.15) is 0 Å². The highest BCUT2D eigenvalue weighted by molar-refractivity contribution is 6.30. The normalized spacial score (nSPS) is 10.9. The number of aliphatic hydroxyl groups excluding tert-OH is 1. The molecule has 0 spiro atoms. The molecule has 0 amide bonds. The van der Waals surface area contributed by atoms with E-state index in [9.17, 15) is 0 Å². The van der Waals surface area contributed by atoms with Crippen molar-refractivity contribution in [1.29, 1.82) is 0 Å². The molecule has 0 aromatic carbocycles. The zero-order valence-electron chi connectivity index (χ0n) is 10.4. The fraction of sp³-hybridized carbons (Fsp3) is 0.583. The molecule has 0 saturated carbocycles. The van der Waals surface area contributed by atoms with Crippen molar-refractivity contribution in [1.82, 2.24) is 4.98 Å². The molecule has 1 aromatic rings. The molecule has 17 heavy (non-hydrogen) atoms. The van der Waals surface area contributed by atoms with E-state index in [-0.39, 0.29) is 6.61 Å². The Morgan fingerprint density at radius 3 is 2.59 bits per heavy atom. The first kappa shape index (κ1) is 14.1. The minimum Gasteiger partial charge on any atom is -0.396 e.